The summed E-state index contributed by atoms with van der Waals surface area (Å²) in [5.74, 6) is 1.50. The monoisotopic (exact) mass is 290 g/mol. The van der Waals surface area contributed by atoms with E-state index in [0.717, 1.165) is 34.9 Å². The Morgan fingerprint density at radius 2 is 1.85 bits per heavy atom. The summed E-state index contributed by atoms with van der Waals surface area (Å²) in [5, 5.41) is 0.977. The molecule has 1 aliphatic carbocycles. The Morgan fingerprint density at radius 3 is 2.45 bits per heavy atom. The molecular formula is C15H18N2O2S. The highest BCUT2D eigenvalue weighted by Gasteiger charge is 2.21. The summed E-state index contributed by atoms with van der Waals surface area (Å²) in [6.07, 6.45) is 3.44. The molecule has 3 rings (SSSR count). The molecule has 106 valence electrons. The first kappa shape index (κ1) is 13.4. The lowest BCUT2D eigenvalue weighted by molar-refractivity contribution is 0.393. The highest BCUT2D eigenvalue weighted by atomic mass is 32.1. The first-order chi connectivity index (χ1) is 9.71. The number of aryl methyl sites for hydroxylation is 2. The van der Waals surface area contributed by atoms with Crippen molar-refractivity contribution in [1.29, 1.82) is 0 Å². The number of ether oxygens (including phenoxy) is 2. The van der Waals surface area contributed by atoms with Crippen LogP contribution in [-0.4, -0.2) is 19.2 Å². The molecule has 20 heavy (non-hydrogen) atoms. The Morgan fingerprint density at radius 1 is 1.15 bits per heavy atom. The zero-order chi connectivity index (χ0) is 14.1. The van der Waals surface area contributed by atoms with Gasteiger partial charge in [-0.05, 0) is 37.0 Å². The second kappa shape index (κ2) is 5.42. The van der Waals surface area contributed by atoms with Crippen molar-refractivity contribution in [3.05, 3.63) is 39.3 Å². The molecule has 0 saturated carbocycles. The van der Waals surface area contributed by atoms with Crippen molar-refractivity contribution in [2.24, 2.45) is 5.73 Å². The van der Waals surface area contributed by atoms with Crippen LogP contribution < -0.4 is 15.2 Å². The average molecular weight is 290 g/mol. The molecular weight excluding hydrogens is 272 g/mol. The zero-order valence-electron chi connectivity index (χ0n) is 11.7. The molecule has 0 saturated heterocycles. The van der Waals surface area contributed by atoms with E-state index in [1.807, 2.05) is 18.2 Å². The van der Waals surface area contributed by atoms with Gasteiger partial charge in [-0.25, -0.2) is 4.98 Å². The second-order valence-corrected chi connectivity index (χ2v) is 6.01. The lowest BCUT2D eigenvalue weighted by Gasteiger charge is -2.13. The van der Waals surface area contributed by atoms with E-state index < -0.39 is 0 Å². The van der Waals surface area contributed by atoms with E-state index in [-0.39, 0.29) is 6.04 Å². The lowest BCUT2D eigenvalue weighted by atomic mass is 10.1. The van der Waals surface area contributed by atoms with Crippen LogP contribution in [0.15, 0.2) is 18.2 Å². The first-order valence-corrected chi connectivity index (χ1v) is 7.50. The van der Waals surface area contributed by atoms with Crippen molar-refractivity contribution in [3.8, 4) is 11.5 Å². The molecule has 1 heterocycles. The molecule has 1 unspecified atom stereocenters. The molecule has 0 radical (unpaired) electrons. The maximum Gasteiger partial charge on any atom is 0.122 e. The lowest BCUT2D eigenvalue weighted by Crippen LogP contribution is -2.12. The number of aromatic nitrogens is 1. The molecule has 0 bridgehead atoms. The zero-order valence-corrected chi connectivity index (χ0v) is 12.5. The van der Waals surface area contributed by atoms with Crippen LogP contribution in [0.1, 0.15) is 33.6 Å². The van der Waals surface area contributed by atoms with Crippen molar-refractivity contribution in [2.45, 2.75) is 25.3 Å². The average Bonchev–Trinajstić information content (AvgIpc) is 3.07. The number of fused-ring (bicyclic) bond motifs is 1. The van der Waals surface area contributed by atoms with Gasteiger partial charge in [-0.15, -0.1) is 11.3 Å². The highest BCUT2D eigenvalue weighted by molar-refractivity contribution is 7.11. The van der Waals surface area contributed by atoms with Crippen LogP contribution in [0.2, 0.25) is 0 Å². The van der Waals surface area contributed by atoms with E-state index in [0.29, 0.717) is 0 Å². The Kier molecular flexibility index (Phi) is 3.63. The first-order valence-electron chi connectivity index (χ1n) is 6.68. The smallest absolute Gasteiger partial charge is 0.122 e. The Bertz CT molecular complexity index is 581. The predicted molar refractivity (Wildman–Crippen MR) is 79.7 cm³/mol. The van der Waals surface area contributed by atoms with Crippen LogP contribution in [0.3, 0.4) is 0 Å². The number of rotatable bonds is 4. The van der Waals surface area contributed by atoms with Gasteiger partial charge >= 0.3 is 0 Å². The molecule has 0 fully saturated rings. The largest absolute Gasteiger partial charge is 0.497 e. The van der Waals surface area contributed by atoms with Gasteiger partial charge in [0.1, 0.15) is 16.5 Å². The van der Waals surface area contributed by atoms with Gasteiger partial charge in [-0.2, -0.15) is 0 Å². The fourth-order valence-electron chi connectivity index (χ4n) is 2.49. The van der Waals surface area contributed by atoms with E-state index in [4.69, 9.17) is 15.2 Å². The molecule has 2 N–H and O–H groups in total. The number of thiazole rings is 1. The molecule has 5 heteroatoms. The minimum absolute atomic E-state index is 0.227. The molecule has 0 aliphatic heterocycles. The third kappa shape index (κ3) is 2.39. The van der Waals surface area contributed by atoms with Gasteiger partial charge in [0.2, 0.25) is 0 Å². The van der Waals surface area contributed by atoms with Gasteiger partial charge in [-0.1, -0.05) is 0 Å². The van der Waals surface area contributed by atoms with E-state index >= 15 is 0 Å². The van der Waals surface area contributed by atoms with Crippen LogP contribution in [-0.2, 0) is 12.8 Å². The van der Waals surface area contributed by atoms with E-state index in [9.17, 15) is 0 Å². The molecule has 1 aliphatic rings. The van der Waals surface area contributed by atoms with E-state index in [1.165, 1.54) is 17.0 Å². The predicted octanol–water partition coefficient (Wildman–Crippen LogP) is 2.70. The summed E-state index contributed by atoms with van der Waals surface area (Å²) >= 11 is 1.73. The fraction of sp³-hybridized carbons (Fsp3) is 0.400. The Labute approximate surface area is 122 Å². The number of nitrogens with zero attached hydrogens (tertiary/aromatic N) is 1. The van der Waals surface area contributed by atoms with Crippen molar-refractivity contribution in [2.75, 3.05) is 14.2 Å². The summed E-state index contributed by atoms with van der Waals surface area (Å²) in [6.45, 7) is 0. The summed E-state index contributed by atoms with van der Waals surface area (Å²) < 4.78 is 10.6. The molecule has 1 atom stereocenters. The molecule has 0 amide bonds. The van der Waals surface area contributed by atoms with Crippen LogP contribution in [0.5, 0.6) is 11.5 Å². The topological polar surface area (TPSA) is 57.4 Å². The third-order valence-electron chi connectivity index (χ3n) is 3.61. The maximum absolute atomic E-state index is 6.36. The van der Waals surface area contributed by atoms with E-state index in [2.05, 4.69) is 4.98 Å². The normalized spacial score (nSPS) is 14.9. The SMILES string of the molecule is COc1cc(OC)cc(C(N)c2nc3c(s2)CCC3)c1. The molecule has 2 aromatic rings. The van der Waals surface area contributed by atoms with E-state index in [1.54, 1.807) is 25.6 Å². The molecule has 1 aromatic heterocycles. The van der Waals surface area contributed by atoms with Crippen LogP contribution in [0, 0.1) is 0 Å². The Hall–Kier alpha value is -1.59. The highest BCUT2D eigenvalue weighted by Crippen LogP contribution is 2.34. The molecule has 1 aromatic carbocycles. The Balaban J connectivity index is 1.94. The summed E-state index contributed by atoms with van der Waals surface area (Å²) in [7, 11) is 3.28. The van der Waals surface area contributed by atoms with Crippen LogP contribution in [0.25, 0.3) is 0 Å². The van der Waals surface area contributed by atoms with Crippen molar-refractivity contribution in [1.82, 2.24) is 4.98 Å². The maximum atomic E-state index is 6.36. The number of hydrogen-bond acceptors (Lipinski definition) is 5. The third-order valence-corrected chi connectivity index (χ3v) is 4.85. The molecule has 4 nitrogen and oxygen atoms in total. The number of benzene rings is 1. The van der Waals surface area contributed by atoms with Crippen molar-refractivity contribution >= 4 is 11.3 Å². The van der Waals surface area contributed by atoms with Crippen molar-refractivity contribution in [3.63, 3.8) is 0 Å². The van der Waals surface area contributed by atoms with Crippen molar-refractivity contribution < 1.29 is 9.47 Å². The summed E-state index contributed by atoms with van der Waals surface area (Å²) in [5.41, 5.74) is 8.56. The minimum atomic E-state index is -0.227. The standard InChI is InChI=1S/C15H18N2O2S/c1-18-10-6-9(7-11(8-10)19-2)14(16)15-17-12-4-3-5-13(12)20-15/h6-8,14H,3-5,16H2,1-2H3. The van der Waals surface area contributed by atoms with Crippen LogP contribution >= 0.6 is 11.3 Å². The minimum Gasteiger partial charge on any atom is -0.497 e. The van der Waals surface area contributed by atoms with Gasteiger partial charge in [0.05, 0.1) is 26.0 Å². The number of hydrogen-bond donors (Lipinski definition) is 1. The second-order valence-electron chi connectivity index (χ2n) is 4.90. The van der Waals surface area contributed by atoms with Gasteiger partial charge in [0.25, 0.3) is 0 Å². The fourth-order valence-corrected chi connectivity index (χ4v) is 3.68. The number of methoxy groups -OCH3 is 2. The summed E-state index contributed by atoms with van der Waals surface area (Å²) in [4.78, 5) is 6.08. The van der Waals surface area contributed by atoms with Gasteiger partial charge in [0, 0.05) is 10.9 Å². The van der Waals surface area contributed by atoms with Gasteiger partial charge in [-0.3, -0.25) is 0 Å². The summed E-state index contributed by atoms with van der Waals surface area (Å²) in [6, 6.07) is 5.51. The molecule has 0 spiro atoms. The quantitative estimate of drug-likeness (QED) is 0.940. The number of nitrogens with two attached hydrogens (primary N) is 1. The van der Waals surface area contributed by atoms with Gasteiger partial charge < -0.3 is 15.2 Å². The van der Waals surface area contributed by atoms with Crippen LogP contribution in [0.4, 0.5) is 0 Å². The van der Waals surface area contributed by atoms with Gasteiger partial charge in [0.15, 0.2) is 0 Å².